The number of hydrogen-bond donors (Lipinski definition) is 2. The highest BCUT2D eigenvalue weighted by Crippen LogP contribution is 2.52. The van der Waals surface area contributed by atoms with E-state index >= 15 is 0 Å². The Labute approximate surface area is 209 Å². The van der Waals surface area contributed by atoms with Gasteiger partial charge >= 0.3 is 0 Å². The summed E-state index contributed by atoms with van der Waals surface area (Å²) in [5.41, 5.74) is 8.14. The molecular formula is C30H26N2S2. The monoisotopic (exact) mass is 478 g/mol. The number of nitrogens with one attached hydrogen (secondary N) is 2. The van der Waals surface area contributed by atoms with Gasteiger partial charge in [0.15, 0.2) is 0 Å². The Morgan fingerprint density at radius 1 is 0.471 bits per heavy atom. The Morgan fingerprint density at radius 2 is 0.882 bits per heavy atom. The topological polar surface area (TPSA) is 24.1 Å². The average Bonchev–Trinajstić information content (AvgIpc) is 2.90. The van der Waals surface area contributed by atoms with Gasteiger partial charge in [0.1, 0.15) is 0 Å². The Kier molecular flexibility index (Phi) is 5.10. The number of fused-ring (bicyclic) bond motifs is 4. The van der Waals surface area contributed by atoms with Crippen molar-refractivity contribution < 1.29 is 0 Å². The fraction of sp³-hybridized carbons (Fsp3) is 0.200. The van der Waals surface area contributed by atoms with Crippen molar-refractivity contribution in [1.82, 2.24) is 0 Å². The van der Waals surface area contributed by atoms with Crippen LogP contribution in [0.5, 0.6) is 0 Å². The number of para-hydroxylation sites is 4. The van der Waals surface area contributed by atoms with Crippen LogP contribution in [0.1, 0.15) is 48.6 Å². The van der Waals surface area contributed by atoms with Crippen LogP contribution in [-0.4, -0.2) is 0 Å². The van der Waals surface area contributed by atoms with Crippen LogP contribution in [0.4, 0.5) is 22.7 Å². The molecule has 4 aromatic carbocycles. The molecule has 0 bridgehead atoms. The first-order valence-electron chi connectivity index (χ1n) is 12.2. The molecule has 2 N–H and O–H groups in total. The Bertz CT molecular complexity index is 1280. The third-order valence-electron chi connectivity index (χ3n) is 7.46. The molecule has 7 rings (SSSR count). The van der Waals surface area contributed by atoms with Gasteiger partial charge < -0.3 is 10.6 Å². The summed E-state index contributed by atoms with van der Waals surface area (Å²) in [6.07, 6.45) is 4.95. The van der Waals surface area contributed by atoms with Gasteiger partial charge in [-0.3, -0.25) is 0 Å². The minimum Gasteiger partial charge on any atom is -0.353 e. The van der Waals surface area contributed by atoms with Crippen molar-refractivity contribution >= 4 is 46.3 Å². The second-order valence-electron chi connectivity index (χ2n) is 9.44. The number of rotatable bonds is 2. The summed E-state index contributed by atoms with van der Waals surface area (Å²) in [7, 11) is 0. The van der Waals surface area contributed by atoms with Crippen LogP contribution in [0.2, 0.25) is 0 Å². The summed E-state index contributed by atoms with van der Waals surface area (Å²) >= 11 is 3.79. The molecule has 0 atom stereocenters. The lowest BCUT2D eigenvalue weighted by Gasteiger charge is -2.34. The molecular weight excluding hydrogens is 452 g/mol. The highest BCUT2D eigenvalue weighted by molar-refractivity contribution is 8.00. The van der Waals surface area contributed by atoms with E-state index in [0.29, 0.717) is 11.8 Å². The Balaban J connectivity index is 1.13. The third kappa shape index (κ3) is 3.52. The first-order chi connectivity index (χ1) is 16.8. The lowest BCUT2D eigenvalue weighted by molar-refractivity contribution is 0.397. The normalized spacial score (nSPS) is 20.1. The SMILES string of the molecule is c1ccc2c(c1)Nc1c(cccc1C1CCC(c3cccc4c3Nc3ccccc3S4)CC1)S2. The van der Waals surface area contributed by atoms with Crippen molar-refractivity contribution in [2.24, 2.45) is 0 Å². The van der Waals surface area contributed by atoms with Crippen LogP contribution in [0.15, 0.2) is 105 Å². The largest absolute Gasteiger partial charge is 0.353 e. The maximum atomic E-state index is 3.77. The van der Waals surface area contributed by atoms with Crippen molar-refractivity contribution in [3.8, 4) is 0 Å². The van der Waals surface area contributed by atoms with E-state index in [4.69, 9.17) is 0 Å². The zero-order valence-electron chi connectivity index (χ0n) is 18.9. The van der Waals surface area contributed by atoms with Crippen LogP contribution in [0, 0.1) is 0 Å². The maximum Gasteiger partial charge on any atom is 0.0561 e. The summed E-state index contributed by atoms with van der Waals surface area (Å²) in [5.74, 6) is 1.24. The predicted octanol–water partition coefficient (Wildman–Crippen LogP) is 9.54. The molecule has 1 saturated carbocycles. The molecule has 2 heterocycles. The number of hydrogen-bond acceptors (Lipinski definition) is 4. The predicted molar refractivity (Wildman–Crippen MR) is 145 cm³/mol. The average molecular weight is 479 g/mol. The second-order valence-corrected chi connectivity index (χ2v) is 11.6. The van der Waals surface area contributed by atoms with Crippen LogP contribution in [0.25, 0.3) is 0 Å². The summed E-state index contributed by atoms with van der Waals surface area (Å²) in [6.45, 7) is 0. The molecule has 0 saturated heterocycles. The van der Waals surface area contributed by atoms with Crippen molar-refractivity contribution in [2.75, 3.05) is 10.6 Å². The molecule has 1 fully saturated rings. The molecule has 0 radical (unpaired) electrons. The molecule has 0 unspecified atom stereocenters. The van der Waals surface area contributed by atoms with Gasteiger partial charge in [0.2, 0.25) is 0 Å². The van der Waals surface area contributed by atoms with E-state index in [9.17, 15) is 0 Å². The first kappa shape index (κ1) is 20.5. The minimum absolute atomic E-state index is 0.618. The molecule has 3 aliphatic rings. The van der Waals surface area contributed by atoms with Gasteiger partial charge in [-0.1, -0.05) is 72.1 Å². The zero-order chi connectivity index (χ0) is 22.5. The second kappa shape index (κ2) is 8.44. The van der Waals surface area contributed by atoms with Gasteiger partial charge in [-0.25, -0.2) is 0 Å². The smallest absolute Gasteiger partial charge is 0.0561 e. The van der Waals surface area contributed by atoms with Crippen molar-refractivity contribution in [2.45, 2.75) is 57.1 Å². The highest BCUT2D eigenvalue weighted by atomic mass is 32.2. The van der Waals surface area contributed by atoms with Gasteiger partial charge in [-0.05, 0) is 85.0 Å². The van der Waals surface area contributed by atoms with E-state index < -0.39 is 0 Å². The number of benzene rings is 4. The molecule has 34 heavy (non-hydrogen) atoms. The summed E-state index contributed by atoms with van der Waals surface area (Å²) in [5, 5.41) is 7.53. The van der Waals surface area contributed by atoms with Crippen LogP contribution < -0.4 is 10.6 Å². The molecule has 168 valence electrons. The van der Waals surface area contributed by atoms with Crippen molar-refractivity contribution in [3.05, 3.63) is 96.1 Å². The van der Waals surface area contributed by atoms with Gasteiger partial charge in [-0.2, -0.15) is 0 Å². The standard InChI is InChI=1S/C30H26N2S2/c1-3-11-25-23(9-1)31-29-21(7-5-13-27(29)33-25)19-15-17-20(18-16-19)22-8-6-14-28-30(22)32-24-10-2-4-12-26(24)34-28/h1-14,19-20,31-32H,15-18H2. The summed E-state index contributed by atoms with van der Waals surface area (Å²) in [4.78, 5) is 5.35. The maximum absolute atomic E-state index is 3.77. The Hall–Kier alpha value is -2.82. The molecule has 2 aliphatic heterocycles. The fourth-order valence-corrected chi connectivity index (χ4v) is 7.81. The number of anilines is 4. The summed E-state index contributed by atoms with van der Waals surface area (Å²) < 4.78 is 0. The molecule has 1 aliphatic carbocycles. The lowest BCUT2D eigenvalue weighted by atomic mass is 9.75. The quantitative estimate of drug-likeness (QED) is 0.259. The van der Waals surface area contributed by atoms with Crippen LogP contribution in [0.3, 0.4) is 0 Å². The van der Waals surface area contributed by atoms with Crippen LogP contribution in [-0.2, 0) is 0 Å². The molecule has 0 amide bonds. The molecule has 2 nitrogen and oxygen atoms in total. The molecule has 0 aromatic heterocycles. The van der Waals surface area contributed by atoms with Gasteiger partial charge in [-0.15, -0.1) is 0 Å². The van der Waals surface area contributed by atoms with Crippen molar-refractivity contribution in [1.29, 1.82) is 0 Å². The van der Waals surface area contributed by atoms with E-state index in [1.54, 1.807) is 0 Å². The molecule has 4 heteroatoms. The molecule has 0 spiro atoms. The van der Waals surface area contributed by atoms with E-state index in [-0.39, 0.29) is 0 Å². The highest BCUT2D eigenvalue weighted by Gasteiger charge is 2.30. The van der Waals surface area contributed by atoms with E-state index in [1.165, 1.54) is 79.1 Å². The Morgan fingerprint density at radius 3 is 1.35 bits per heavy atom. The van der Waals surface area contributed by atoms with Gasteiger partial charge in [0.05, 0.1) is 22.7 Å². The van der Waals surface area contributed by atoms with Gasteiger partial charge in [0, 0.05) is 19.6 Å². The lowest BCUT2D eigenvalue weighted by Crippen LogP contribution is -2.16. The van der Waals surface area contributed by atoms with Crippen molar-refractivity contribution in [3.63, 3.8) is 0 Å². The van der Waals surface area contributed by atoms with E-state index in [0.717, 1.165) is 0 Å². The minimum atomic E-state index is 0.618. The summed E-state index contributed by atoms with van der Waals surface area (Å²) in [6, 6.07) is 31.0. The van der Waals surface area contributed by atoms with Gasteiger partial charge in [0.25, 0.3) is 0 Å². The van der Waals surface area contributed by atoms with E-state index in [2.05, 4.69) is 95.6 Å². The fourth-order valence-electron chi connectivity index (χ4n) is 5.75. The zero-order valence-corrected chi connectivity index (χ0v) is 20.5. The first-order valence-corrected chi connectivity index (χ1v) is 13.8. The van der Waals surface area contributed by atoms with E-state index in [1.807, 2.05) is 23.5 Å². The molecule has 4 aromatic rings. The van der Waals surface area contributed by atoms with Crippen LogP contribution >= 0.6 is 23.5 Å². The third-order valence-corrected chi connectivity index (χ3v) is 9.73.